The van der Waals surface area contributed by atoms with Gasteiger partial charge in [0.2, 0.25) is 0 Å². The Bertz CT molecular complexity index is 581. The van der Waals surface area contributed by atoms with Crippen molar-refractivity contribution in [2.75, 3.05) is 0 Å². The number of hydrogen-bond donors (Lipinski definition) is 1. The van der Waals surface area contributed by atoms with Gasteiger partial charge in [-0.2, -0.15) is 0 Å². The summed E-state index contributed by atoms with van der Waals surface area (Å²) in [5.41, 5.74) is 0.599. The Morgan fingerprint density at radius 1 is 1.33 bits per heavy atom. The van der Waals surface area contributed by atoms with E-state index in [0.717, 1.165) is 0 Å². The smallest absolute Gasteiger partial charge is 0.341 e. The predicted molar refractivity (Wildman–Crippen MR) is 62.4 cm³/mol. The molecule has 0 amide bonds. The zero-order chi connectivity index (χ0) is 13.1. The molecule has 0 bridgehead atoms. The van der Waals surface area contributed by atoms with Crippen LogP contribution < -0.4 is 4.74 Å². The average Bonchev–Trinajstić information content (AvgIpc) is 2.32. The lowest BCUT2D eigenvalue weighted by molar-refractivity contribution is 0.0693. The molecule has 0 fully saturated rings. The SMILES string of the molecule is Cc1cc(Oc2ccc(F)cc2)c(C(=O)O)cn1. The molecule has 0 atom stereocenters. The quantitative estimate of drug-likeness (QED) is 0.905. The van der Waals surface area contributed by atoms with Gasteiger partial charge in [-0.1, -0.05) is 0 Å². The van der Waals surface area contributed by atoms with Gasteiger partial charge in [0.15, 0.2) is 0 Å². The largest absolute Gasteiger partial charge is 0.477 e. The Balaban J connectivity index is 2.35. The molecule has 0 saturated heterocycles. The number of aryl methyl sites for hydroxylation is 1. The van der Waals surface area contributed by atoms with E-state index in [1.54, 1.807) is 6.92 Å². The van der Waals surface area contributed by atoms with Crippen molar-refractivity contribution < 1.29 is 19.0 Å². The molecule has 1 aromatic heterocycles. The molecule has 2 aromatic rings. The number of pyridine rings is 1. The number of carboxylic acids is 1. The Morgan fingerprint density at radius 2 is 2.00 bits per heavy atom. The summed E-state index contributed by atoms with van der Waals surface area (Å²) in [5, 5.41) is 9.00. The van der Waals surface area contributed by atoms with E-state index < -0.39 is 5.97 Å². The fourth-order valence-corrected chi connectivity index (χ4v) is 1.41. The summed E-state index contributed by atoms with van der Waals surface area (Å²) < 4.78 is 18.2. The molecular weight excluding hydrogens is 237 g/mol. The molecule has 0 aliphatic carbocycles. The highest BCUT2D eigenvalue weighted by molar-refractivity contribution is 5.90. The van der Waals surface area contributed by atoms with Crippen LogP contribution in [0.2, 0.25) is 0 Å². The van der Waals surface area contributed by atoms with Crippen LogP contribution in [0.4, 0.5) is 4.39 Å². The van der Waals surface area contributed by atoms with Crippen LogP contribution in [-0.2, 0) is 0 Å². The minimum Gasteiger partial charge on any atom is -0.477 e. The highest BCUT2D eigenvalue weighted by Crippen LogP contribution is 2.25. The minimum absolute atomic E-state index is 0.0371. The number of ether oxygens (including phenoxy) is 1. The highest BCUT2D eigenvalue weighted by atomic mass is 19.1. The lowest BCUT2D eigenvalue weighted by atomic mass is 10.2. The Hall–Kier alpha value is -2.43. The van der Waals surface area contributed by atoms with Crippen molar-refractivity contribution in [2.45, 2.75) is 6.92 Å². The van der Waals surface area contributed by atoms with Gasteiger partial charge in [0.05, 0.1) is 0 Å². The number of aromatic nitrogens is 1. The summed E-state index contributed by atoms with van der Waals surface area (Å²) in [4.78, 5) is 14.9. The Morgan fingerprint density at radius 3 is 2.61 bits per heavy atom. The summed E-state index contributed by atoms with van der Waals surface area (Å²) in [6, 6.07) is 6.86. The van der Waals surface area contributed by atoms with Gasteiger partial charge in [-0.25, -0.2) is 9.18 Å². The maximum absolute atomic E-state index is 12.7. The fourth-order valence-electron chi connectivity index (χ4n) is 1.41. The third kappa shape index (κ3) is 2.63. The minimum atomic E-state index is -1.13. The number of nitrogens with zero attached hydrogens (tertiary/aromatic N) is 1. The van der Waals surface area contributed by atoms with Crippen molar-refractivity contribution in [2.24, 2.45) is 0 Å². The van der Waals surface area contributed by atoms with Crippen molar-refractivity contribution in [1.29, 1.82) is 0 Å². The van der Waals surface area contributed by atoms with Gasteiger partial charge < -0.3 is 9.84 Å². The lowest BCUT2D eigenvalue weighted by Gasteiger charge is -2.08. The van der Waals surface area contributed by atoms with Crippen molar-refractivity contribution in [3.8, 4) is 11.5 Å². The normalized spacial score (nSPS) is 10.1. The molecule has 1 aromatic carbocycles. The molecule has 4 nitrogen and oxygen atoms in total. The lowest BCUT2D eigenvalue weighted by Crippen LogP contribution is -2.01. The number of benzene rings is 1. The molecule has 0 aliphatic rings. The van der Waals surface area contributed by atoms with Crippen LogP contribution in [0.1, 0.15) is 16.1 Å². The zero-order valence-electron chi connectivity index (χ0n) is 9.55. The first-order valence-electron chi connectivity index (χ1n) is 5.19. The summed E-state index contributed by atoms with van der Waals surface area (Å²) >= 11 is 0. The second kappa shape index (κ2) is 4.83. The third-order valence-corrected chi connectivity index (χ3v) is 2.27. The van der Waals surface area contributed by atoms with Crippen LogP contribution in [0.15, 0.2) is 36.5 Å². The van der Waals surface area contributed by atoms with Crippen molar-refractivity contribution >= 4 is 5.97 Å². The van der Waals surface area contributed by atoms with Gasteiger partial charge in [0.25, 0.3) is 0 Å². The number of hydrogen-bond acceptors (Lipinski definition) is 3. The standard InChI is InChI=1S/C13H10FNO3/c1-8-6-12(11(7-15-8)13(16)17)18-10-4-2-9(14)3-5-10/h2-7H,1H3,(H,16,17). The number of carbonyl (C=O) groups is 1. The number of carboxylic acid groups (broad SMARTS) is 1. The Labute approximate surface area is 103 Å². The molecule has 0 spiro atoms. The van der Waals surface area contributed by atoms with E-state index in [-0.39, 0.29) is 17.1 Å². The van der Waals surface area contributed by atoms with E-state index in [1.165, 1.54) is 36.5 Å². The van der Waals surface area contributed by atoms with E-state index in [1.807, 2.05) is 0 Å². The molecule has 92 valence electrons. The summed E-state index contributed by atoms with van der Waals surface area (Å²) in [7, 11) is 0. The van der Waals surface area contributed by atoms with E-state index in [0.29, 0.717) is 11.4 Å². The molecular formula is C13H10FNO3. The maximum Gasteiger partial charge on any atom is 0.341 e. The monoisotopic (exact) mass is 247 g/mol. The molecule has 18 heavy (non-hydrogen) atoms. The van der Waals surface area contributed by atoms with Gasteiger partial charge in [0, 0.05) is 18.0 Å². The highest BCUT2D eigenvalue weighted by Gasteiger charge is 2.13. The van der Waals surface area contributed by atoms with Crippen LogP contribution >= 0.6 is 0 Å². The van der Waals surface area contributed by atoms with E-state index in [9.17, 15) is 9.18 Å². The number of aromatic carboxylic acids is 1. The molecule has 1 heterocycles. The second-order valence-electron chi connectivity index (χ2n) is 3.68. The maximum atomic E-state index is 12.7. The first-order chi connectivity index (χ1) is 8.56. The molecule has 0 unspecified atom stereocenters. The summed E-state index contributed by atoms with van der Waals surface area (Å²) in [6.45, 7) is 1.73. The second-order valence-corrected chi connectivity index (χ2v) is 3.68. The molecule has 1 N–H and O–H groups in total. The first-order valence-corrected chi connectivity index (χ1v) is 5.19. The van der Waals surface area contributed by atoms with Crippen molar-refractivity contribution in [1.82, 2.24) is 4.98 Å². The van der Waals surface area contributed by atoms with Gasteiger partial charge >= 0.3 is 5.97 Å². The molecule has 0 saturated carbocycles. The fraction of sp³-hybridized carbons (Fsp3) is 0.0769. The van der Waals surface area contributed by atoms with Crippen molar-refractivity contribution in [3.05, 3.63) is 53.6 Å². The van der Waals surface area contributed by atoms with Crippen LogP contribution in [0.25, 0.3) is 0 Å². The zero-order valence-corrected chi connectivity index (χ0v) is 9.55. The van der Waals surface area contributed by atoms with E-state index in [4.69, 9.17) is 9.84 Å². The van der Waals surface area contributed by atoms with Crippen molar-refractivity contribution in [3.63, 3.8) is 0 Å². The van der Waals surface area contributed by atoms with Gasteiger partial charge in [-0.15, -0.1) is 0 Å². The summed E-state index contributed by atoms with van der Waals surface area (Å²) in [5.74, 6) is -0.961. The van der Waals surface area contributed by atoms with Gasteiger partial charge in [0.1, 0.15) is 22.9 Å². The van der Waals surface area contributed by atoms with Gasteiger partial charge in [-0.3, -0.25) is 4.98 Å². The predicted octanol–water partition coefficient (Wildman–Crippen LogP) is 3.02. The van der Waals surface area contributed by atoms with Crippen LogP contribution in [0.5, 0.6) is 11.5 Å². The topological polar surface area (TPSA) is 59.4 Å². The van der Waals surface area contributed by atoms with Crippen LogP contribution in [0.3, 0.4) is 0 Å². The third-order valence-electron chi connectivity index (χ3n) is 2.27. The summed E-state index contributed by atoms with van der Waals surface area (Å²) in [6.07, 6.45) is 1.23. The average molecular weight is 247 g/mol. The van der Waals surface area contributed by atoms with Crippen LogP contribution in [0, 0.1) is 12.7 Å². The molecule has 0 radical (unpaired) electrons. The van der Waals surface area contributed by atoms with E-state index >= 15 is 0 Å². The first kappa shape index (κ1) is 12.0. The molecule has 2 rings (SSSR count). The molecule has 5 heteroatoms. The number of halogens is 1. The van der Waals surface area contributed by atoms with Gasteiger partial charge in [-0.05, 0) is 31.2 Å². The van der Waals surface area contributed by atoms with Crippen LogP contribution in [-0.4, -0.2) is 16.1 Å². The molecule has 0 aliphatic heterocycles. The Kier molecular flexibility index (Phi) is 3.23. The van der Waals surface area contributed by atoms with E-state index in [2.05, 4.69) is 4.98 Å². The number of rotatable bonds is 3.